The number of anilines is 2. The molecule has 0 aromatic heterocycles. The van der Waals surface area contributed by atoms with Crippen molar-refractivity contribution >= 4 is 46.2 Å². The smallest absolute Gasteiger partial charge is 0.269 e. The largest absolute Gasteiger partial charge is 0.372 e. The molecular formula is C20H25ClN4OS. The Morgan fingerprint density at radius 3 is 2.26 bits per heavy atom. The maximum absolute atomic E-state index is 12.3. The molecule has 0 saturated carbocycles. The first-order valence-corrected chi connectivity index (χ1v) is 9.63. The molecule has 144 valence electrons. The van der Waals surface area contributed by atoms with Gasteiger partial charge in [-0.2, -0.15) is 0 Å². The molecule has 0 aliphatic carbocycles. The summed E-state index contributed by atoms with van der Waals surface area (Å²) >= 11 is 11.5. The second kappa shape index (κ2) is 9.58. The van der Waals surface area contributed by atoms with Gasteiger partial charge in [-0.1, -0.05) is 17.7 Å². The van der Waals surface area contributed by atoms with Crippen LogP contribution in [0.3, 0.4) is 0 Å². The van der Waals surface area contributed by atoms with Crippen molar-refractivity contribution in [3.8, 4) is 0 Å². The normalized spacial score (nSPS) is 10.3. The first-order chi connectivity index (χ1) is 12.8. The van der Waals surface area contributed by atoms with Gasteiger partial charge in [0.2, 0.25) is 0 Å². The minimum atomic E-state index is -0.267. The van der Waals surface area contributed by atoms with Crippen molar-refractivity contribution in [3.05, 3.63) is 58.1 Å². The third-order valence-corrected chi connectivity index (χ3v) is 4.72. The molecule has 0 aliphatic heterocycles. The zero-order chi connectivity index (χ0) is 20.0. The third kappa shape index (κ3) is 5.58. The number of hydrogen-bond donors (Lipinski definition) is 3. The van der Waals surface area contributed by atoms with E-state index in [4.69, 9.17) is 23.8 Å². The highest BCUT2D eigenvalue weighted by molar-refractivity contribution is 7.80. The molecule has 0 aliphatic rings. The van der Waals surface area contributed by atoms with E-state index in [9.17, 15) is 4.79 Å². The predicted octanol–water partition coefficient (Wildman–Crippen LogP) is 4.43. The number of aryl methyl sites for hydroxylation is 2. The summed E-state index contributed by atoms with van der Waals surface area (Å²) in [6, 6.07) is 11.3. The van der Waals surface area contributed by atoms with Crippen LogP contribution in [0.2, 0.25) is 5.02 Å². The summed E-state index contributed by atoms with van der Waals surface area (Å²) in [5.74, 6) is -0.267. The fourth-order valence-corrected chi connectivity index (χ4v) is 3.34. The Balaban J connectivity index is 1.94. The van der Waals surface area contributed by atoms with Gasteiger partial charge in [-0.25, -0.2) is 0 Å². The van der Waals surface area contributed by atoms with E-state index in [2.05, 4.69) is 34.9 Å². The lowest BCUT2D eigenvalue weighted by molar-refractivity contribution is 0.0944. The summed E-state index contributed by atoms with van der Waals surface area (Å²) in [5.41, 5.74) is 9.71. The number of hydrogen-bond acceptors (Lipinski definition) is 3. The molecule has 2 aromatic rings. The number of nitrogens with zero attached hydrogens (tertiary/aromatic N) is 1. The highest BCUT2D eigenvalue weighted by Crippen LogP contribution is 2.27. The Kier molecular flexibility index (Phi) is 7.45. The van der Waals surface area contributed by atoms with E-state index in [1.165, 1.54) is 0 Å². The Hall–Kier alpha value is -2.31. The number of rotatable bonds is 5. The third-order valence-electron chi connectivity index (χ3n) is 4.22. The van der Waals surface area contributed by atoms with Crippen LogP contribution in [0.15, 0.2) is 36.4 Å². The average Bonchev–Trinajstić information content (AvgIpc) is 2.64. The van der Waals surface area contributed by atoms with Gasteiger partial charge >= 0.3 is 0 Å². The molecule has 5 nitrogen and oxygen atoms in total. The fourth-order valence-electron chi connectivity index (χ4n) is 2.82. The minimum Gasteiger partial charge on any atom is -0.372 e. The molecule has 0 heterocycles. The first kappa shape index (κ1) is 21.0. The molecule has 7 heteroatoms. The van der Waals surface area contributed by atoms with Crippen molar-refractivity contribution in [1.82, 2.24) is 10.9 Å². The summed E-state index contributed by atoms with van der Waals surface area (Å²) in [6.45, 7) is 9.97. The van der Waals surface area contributed by atoms with E-state index in [0.29, 0.717) is 10.6 Å². The van der Waals surface area contributed by atoms with Crippen LogP contribution < -0.4 is 21.1 Å². The van der Waals surface area contributed by atoms with Crippen LogP contribution in [0.25, 0.3) is 0 Å². The molecule has 0 radical (unpaired) electrons. The van der Waals surface area contributed by atoms with Gasteiger partial charge in [0, 0.05) is 24.3 Å². The van der Waals surface area contributed by atoms with Crippen molar-refractivity contribution < 1.29 is 4.79 Å². The lowest BCUT2D eigenvalue weighted by Gasteiger charge is -2.21. The molecule has 0 spiro atoms. The van der Waals surface area contributed by atoms with Gasteiger partial charge in [-0.3, -0.25) is 15.6 Å². The maximum atomic E-state index is 12.3. The van der Waals surface area contributed by atoms with Crippen LogP contribution in [0.5, 0.6) is 0 Å². The fraction of sp³-hybridized carbons (Fsp3) is 0.300. The second-order valence-corrected chi connectivity index (χ2v) is 7.01. The molecule has 0 unspecified atom stereocenters. The van der Waals surface area contributed by atoms with Gasteiger partial charge in [0.1, 0.15) is 0 Å². The van der Waals surface area contributed by atoms with Gasteiger partial charge in [0.15, 0.2) is 5.11 Å². The Morgan fingerprint density at radius 2 is 1.70 bits per heavy atom. The van der Waals surface area contributed by atoms with Crippen molar-refractivity contribution in [1.29, 1.82) is 0 Å². The van der Waals surface area contributed by atoms with Gasteiger partial charge < -0.3 is 10.2 Å². The second-order valence-electron chi connectivity index (χ2n) is 6.19. The maximum Gasteiger partial charge on any atom is 0.269 e. The van der Waals surface area contributed by atoms with E-state index in [0.717, 1.165) is 35.6 Å². The predicted molar refractivity (Wildman–Crippen MR) is 118 cm³/mol. The lowest BCUT2D eigenvalue weighted by Crippen LogP contribution is -2.43. The number of hydrazine groups is 1. The van der Waals surface area contributed by atoms with Crippen LogP contribution in [-0.4, -0.2) is 24.1 Å². The summed E-state index contributed by atoms with van der Waals surface area (Å²) in [7, 11) is 0. The van der Waals surface area contributed by atoms with Crippen molar-refractivity contribution in [3.63, 3.8) is 0 Å². The molecule has 2 aromatic carbocycles. The first-order valence-electron chi connectivity index (χ1n) is 8.84. The highest BCUT2D eigenvalue weighted by atomic mass is 35.5. The highest BCUT2D eigenvalue weighted by Gasteiger charge is 2.10. The number of halogens is 1. The zero-order valence-corrected chi connectivity index (χ0v) is 17.6. The van der Waals surface area contributed by atoms with Crippen molar-refractivity contribution in [2.24, 2.45) is 0 Å². The zero-order valence-electron chi connectivity index (χ0n) is 16.0. The Morgan fingerprint density at radius 1 is 1.07 bits per heavy atom. The summed E-state index contributed by atoms with van der Waals surface area (Å²) in [6.07, 6.45) is 0. The summed E-state index contributed by atoms with van der Waals surface area (Å²) in [5, 5.41) is 3.86. The van der Waals surface area contributed by atoms with Gasteiger partial charge in [-0.05, 0) is 81.4 Å². The molecule has 0 saturated heterocycles. The average molecular weight is 405 g/mol. The van der Waals surface area contributed by atoms with Crippen LogP contribution >= 0.6 is 23.8 Å². The molecule has 0 bridgehead atoms. The molecule has 3 N–H and O–H groups in total. The molecular weight excluding hydrogens is 380 g/mol. The molecule has 1 amide bonds. The quantitative estimate of drug-likeness (QED) is 0.508. The number of thiocarbonyl (C=S) groups is 1. The topological polar surface area (TPSA) is 56.4 Å². The van der Waals surface area contributed by atoms with Crippen LogP contribution in [-0.2, 0) is 0 Å². The standard InChI is InChI=1S/C20H25ClN4OS/c1-5-25(6-2)16-9-7-15(8-10-16)19(26)23-24-20(27)22-18-14(4)11-13(3)12-17(18)21/h7-12H,5-6H2,1-4H3,(H,23,26)(H2,22,24,27). The lowest BCUT2D eigenvalue weighted by atomic mass is 10.1. The van der Waals surface area contributed by atoms with Gasteiger partial charge in [0.05, 0.1) is 10.7 Å². The minimum absolute atomic E-state index is 0.261. The number of benzene rings is 2. The number of carbonyl (C=O) groups is 1. The monoisotopic (exact) mass is 404 g/mol. The van der Waals surface area contributed by atoms with Gasteiger partial charge in [0.25, 0.3) is 5.91 Å². The SMILES string of the molecule is CCN(CC)c1ccc(C(=O)NNC(=S)Nc2c(C)cc(C)cc2Cl)cc1. The summed E-state index contributed by atoms with van der Waals surface area (Å²) in [4.78, 5) is 14.5. The van der Waals surface area contributed by atoms with Crippen molar-refractivity contribution in [2.45, 2.75) is 27.7 Å². The Labute approximate surface area is 171 Å². The summed E-state index contributed by atoms with van der Waals surface area (Å²) < 4.78 is 0. The van der Waals surface area contributed by atoms with Crippen molar-refractivity contribution in [2.75, 3.05) is 23.3 Å². The van der Waals surface area contributed by atoms with E-state index in [1.807, 2.05) is 38.1 Å². The van der Waals surface area contributed by atoms with E-state index in [1.54, 1.807) is 12.1 Å². The Bertz CT molecular complexity index is 796. The van der Waals surface area contributed by atoms with E-state index >= 15 is 0 Å². The molecule has 2 rings (SSSR count). The molecule has 0 atom stereocenters. The number of nitrogens with one attached hydrogen (secondary N) is 3. The molecule has 0 fully saturated rings. The van der Waals surface area contributed by atoms with Crippen LogP contribution in [0.4, 0.5) is 11.4 Å². The number of carbonyl (C=O) groups excluding carboxylic acids is 1. The van der Waals surface area contributed by atoms with E-state index < -0.39 is 0 Å². The van der Waals surface area contributed by atoms with Gasteiger partial charge in [-0.15, -0.1) is 0 Å². The van der Waals surface area contributed by atoms with Crippen LogP contribution in [0.1, 0.15) is 35.3 Å². The molecule has 27 heavy (non-hydrogen) atoms. The van der Waals surface area contributed by atoms with E-state index in [-0.39, 0.29) is 11.0 Å². The number of amides is 1. The van der Waals surface area contributed by atoms with Crippen LogP contribution in [0, 0.1) is 13.8 Å².